The fourth-order valence-electron chi connectivity index (χ4n) is 5.64. The van der Waals surface area contributed by atoms with Crippen LogP contribution in [0.15, 0.2) is 84.9 Å². The zero-order valence-electron chi connectivity index (χ0n) is 46.6. The number of thiocarbonyl (C=S) groups is 2. The van der Waals surface area contributed by atoms with Gasteiger partial charge in [0, 0.05) is 68.5 Å². The first-order valence-corrected chi connectivity index (χ1v) is 16.8. The fraction of sp³-hybridized carbons (Fsp3) is 0.238. The maximum Gasteiger partial charge on any atom is 0.259 e. The SMILES string of the molecule is [2H]c1cc(N2C(=S)N(c3ccc([N+]#[C-])c(C)c3)C(=O)C2(C([2H])([2H])[2H])C([2H])([2H])[2H])ccc1C(=O)NC.[2H]c1cc(N2C(=S)N(c3ccc([N+]#[C-])c(C)c3)C(=O)C2(C([2H])([2H])[2H])C([2H])([2H])[2H])ccc1C(=O)NC([2H])([2H])[2H]. The van der Waals surface area contributed by atoms with Crippen molar-refractivity contribution in [2.24, 2.45) is 0 Å². The van der Waals surface area contributed by atoms with Crippen LogP contribution in [0.4, 0.5) is 34.1 Å². The summed E-state index contributed by atoms with van der Waals surface area (Å²) in [5, 5.41) is 3.16. The predicted molar refractivity (Wildman–Crippen MR) is 228 cm³/mol. The molecule has 284 valence electrons. The van der Waals surface area contributed by atoms with Crippen LogP contribution in [0.25, 0.3) is 9.69 Å². The summed E-state index contributed by atoms with van der Waals surface area (Å²) in [7, 11) is 1.37. The van der Waals surface area contributed by atoms with Gasteiger partial charge in [0.05, 0.1) is 15.9 Å². The molecule has 2 saturated heterocycles. The summed E-state index contributed by atoms with van der Waals surface area (Å²) in [5.74, 6) is -4.35. The maximum atomic E-state index is 13.8. The predicted octanol–water partition coefficient (Wildman–Crippen LogP) is 7.64. The highest BCUT2D eigenvalue weighted by Crippen LogP contribution is 2.39. The molecule has 0 aromatic heterocycles. The Morgan fingerprint density at radius 1 is 0.661 bits per heavy atom. The molecule has 0 bridgehead atoms. The van der Waals surface area contributed by atoms with Gasteiger partial charge < -0.3 is 20.4 Å². The molecule has 4 aromatic rings. The van der Waals surface area contributed by atoms with E-state index in [-0.39, 0.29) is 40.0 Å². The number of carbonyl (C=O) groups excluding carboxylic acids is 4. The second-order valence-electron chi connectivity index (χ2n) is 12.1. The lowest BCUT2D eigenvalue weighted by atomic mass is 10.0. The quantitative estimate of drug-likeness (QED) is 0.151. The number of hydrogen-bond donors (Lipinski definition) is 2. The summed E-state index contributed by atoms with van der Waals surface area (Å²) in [5.41, 5.74) is -5.60. The molecule has 0 aliphatic carbocycles. The lowest BCUT2D eigenvalue weighted by molar-refractivity contribution is -0.121. The Labute approximate surface area is 361 Å². The smallest absolute Gasteiger partial charge is 0.259 e. The second kappa shape index (κ2) is 15.7. The summed E-state index contributed by atoms with van der Waals surface area (Å²) in [6.45, 7) is 1.05. The van der Waals surface area contributed by atoms with Gasteiger partial charge in [-0.05, 0) is 150 Å². The van der Waals surface area contributed by atoms with Crippen molar-refractivity contribution in [2.75, 3.05) is 33.6 Å². The van der Waals surface area contributed by atoms with Crippen LogP contribution in [-0.2, 0) is 9.59 Å². The van der Waals surface area contributed by atoms with Crippen LogP contribution in [0.1, 0.15) is 82.6 Å². The van der Waals surface area contributed by atoms with Gasteiger partial charge in [-0.25, -0.2) is 9.69 Å². The number of nitrogens with one attached hydrogen (secondary N) is 2. The minimum atomic E-state index is -3.47. The molecule has 4 amide bonds. The zero-order valence-corrected chi connectivity index (χ0v) is 31.2. The number of hydrogen-bond acceptors (Lipinski definition) is 6. The summed E-state index contributed by atoms with van der Waals surface area (Å²) in [6, 6.07) is 14.0. The van der Waals surface area contributed by atoms with Crippen LogP contribution in [0.2, 0.25) is 0 Å². The minimum absolute atomic E-state index is 0.0325. The Bertz CT molecular complexity index is 3040. The molecule has 0 unspecified atom stereocenters. The van der Waals surface area contributed by atoms with E-state index in [1.807, 2.05) is 0 Å². The highest BCUT2D eigenvalue weighted by Gasteiger charge is 2.51. The summed E-state index contributed by atoms with van der Waals surface area (Å²) < 4.78 is 136. The summed E-state index contributed by atoms with van der Waals surface area (Å²) >= 11 is 10.9. The van der Waals surface area contributed by atoms with Gasteiger partial charge in [0.15, 0.2) is 21.6 Å². The average Bonchev–Trinajstić information content (AvgIpc) is 3.66. The normalized spacial score (nSPS) is 21.1. The Morgan fingerprint density at radius 2 is 1.05 bits per heavy atom. The van der Waals surface area contributed by atoms with Gasteiger partial charge in [-0.1, -0.05) is 12.1 Å². The van der Waals surface area contributed by atoms with Crippen molar-refractivity contribution < 1.29 is 42.5 Å². The number of amides is 4. The van der Waals surface area contributed by atoms with Crippen molar-refractivity contribution in [2.45, 2.75) is 52.3 Å². The van der Waals surface area contributed by atoms with Crippen molar-refractivity contribution in [1.29, 1.82) is 0 Å². The van der Waals surface area contributed by atoms with Crippen molar-refractivity contribution in [3.05, 3.63) is 130 Å². The van der Waals surface area contributed by atoms with E-state index < -0.39 is 90.9 Å². The van der Waals surface area contributed by atoms with E-state index in [0.29, 0.717) is 21.7 Å². The van der Waals surface area contributed by atoms with Gasteiger partial charge in [0.1, 0.15) is 11.1 Å². The first-order chi connectivity index (χ1) is 33.4. The van der Waals surface area contributed by atoms with Crippen LogP contribution in [0.3, 0.4) is 0 Å². The Balaban J connectivity index is 0.000000272. The molecule has 2 fully saturated rings. The third-order valence-corrected chi connectivity index (χ3v) is 9.25. The van der Waals surface area contributed by atoms with Gasteiger partial charge in [-0.2, -0.15) is 0 Å². The van der Waals surface area contributed by atoms with E-state index in [4.69, 9.17) is 60.9 Å². The van der Waals surface area contributed by atoms with Gasteiger partial charge in [0.25, 0.3) is 23.6 Å². The molecule has 12 nitrogen and oxygen atoms in total. The third kappa shape index (κ3) is 7.20. The molecule has 0 atom stereocenters. The Hall–Kier alpha value is -6.48. The average molecular weight is 802 g/mol. The van der Waals surface area contributed by atoms with E-state index in [9.17, 15) is 19.2 Å². The molecule has 56 heavy (non-hydrogen) atoms. The lowest BCUT2D eigenvalue weighted by Crippen LogP contribution is -2.44. The molecular formula is C42H40N8O4S2. The first kappa shape index (κ1) is 23.4. The summed E-state index contributed by atoms with van der Waals surface area (Å²) in [4.78, 5) is 61.6. The number of nitrogens with zero attached hydrogens (tertiary/aromatic N) is 6. The largest absolute Gasteiger partial charge is 0.355 e. The molecule has 2 aliphatic rings. The van der Waals surface area contributed by atoms with Crippen LogP contribution in [0, 0.1) is 27.0 Å². The topological polar surface area (TPSA) is 114 Å². The van der Waals surface area contributed by atoms with Gasteiger partial charge in [-0.15, -0.1) is 0 Å². The first-order valence-electron chi connectivity index (χ1n) is 24.5. The van der Waals surface area contributed by atoms with Gasteiger partial charge in [-0.3, -0.25) is 29.0 Å². The van der Waals surface area contributed by atoms with Crippen molar-refractivity contribution in [3.8, 4) is 0 Å². The standard InChI is InChI=1S/2C21H20N4O2S/c2*1-13-12-16(10-11-17(13)22-4)24-19(27)21(2,3)25(20(24)28)15-8-6-14(7-9-15)18(26)23-5/h2*6-12H,1-3,5H3,(H,23,26)/i2D3,3D3,5D3,6D;2D3,3D3,6D. The molecular weight excluding hydrogens is 745 g/mol. The van der Waals surface area contributed by atoms with Crippen molar-refractivity contribution >= 4 is 92.4 Å². The van der Waals surface area contributed by atoms with E-state index in [1.165, 1.54) is 55.6 Å². The molecule has 0 radical (unpaired) electrons. The third-order valence-electron chi connectivity index (χ3n) is 8.52. The summed E-state index contributed by atoms with van der Waals surface area (Å²) in [6.07, 6.45) is 0. The van der Waals surface area contributed by atoms with Crippen LogP contribution in [0.5, 0.6) is 0 Å². The fourth-order valence-corrected chi connectivity index (χ4v) is 6.50. The molecule has 6 rings (SSSR count). The van der Waals surface area contributed by atoms with Crippen LogP contribution >= 0.6 is 24.4 Å². The zero-order chi connectivity index (χ0) is 55.5. The number of anilines is 4. The Morgan fingerprint density at radius 3 is 1.38 bits per heavy atom. The van der Waals surface area contributed by atoms with E-state index in [2.05, 4.69) is 15.0 Å². The van der Waals surface area contributed by atoms with E-state index in [1.54, 1.807) is 19.2 Å². The molecule has 0 saturated carbocycles. The number of carbonyl (C=O) groups is 4. The molecule has 2 N–H and O–H groups in total. The van der Waals surface area contributed by atoms with Crippen molar-refractivity contribution in [3.63, 3.8) is 0 Å². The minimum Gasteiger partial charge on any atom is -0.355 e. The van der Waals surface area contributed by atoms with E-state index >= 15 is 0 Å². The van der Waals surface area contributed by atoms with Crippen LogP contribution < -0.4 is 30.2 Å². The second-order valence-corrected chi connectivity index (χ2v) is 12.8. The molecule has 4 aromatic carbocycles. The highest BCUT2D eigenvalue weighted by atomic mass is 32.1. The monoisotopic (exact) mass is 801 g/mol. The van der Waals surface area contributed by atoms with E-state index in [0.717, 1.165) is 39.0 Å². The molecule has 14 heteroatoms. The van der Waals surface area contributed by atoms with Gasteiger partial charge >= 0.3 is 0 Å². The number of benzene rings is 4. The van der Waals surface area contributed by atoms with Crippen molar-refractivity contribution in [1.82, 2.24) is 10.6 Å². The molecule has 0 spiro atoms. The van der Waals surface area contributed by atoms with Crippen LogP contribution in [-0.4, -0.2) is 59.0 Å². The maximum absolute atomic E-state index is 13.8. The number of aryl methyl sites for hydroxylation is 2. The lowest BCUT2D eigenvalue weighted by Gasteiger charge is -2.29. The Kier molecular flexibility index (Phi) is 6.58. The molecule has 2 heterocycles. The van der Waals surface area contributed by atoms with Gasteiger partial charge in [0.2, 0.25) is 0 Å². The highest BCUT2D eigenvalue weighted by molar-refractivity contribution is 7.81. The molecule has 2 aliphatic heterocycles. The number of rotatable bonds is 6.